The number of rotatable bonds is 0. The maximum Gasteiger partial charge on any atom is 0.128 e. The zero-order valence-corrected chi connectivity index (χ0v) is 9.80. The molecule has 0 nitrogen and oxygen atoms in total. The highest BCUT2D eigenvalue weighted by Gasteiger charge is 2.05. The van der Waals surface area contributed by atoms with Crippen molar-refractivity contribution in [3.05, 3.63) is 0 Å². The van der Waals surface area contributed by atoms with Gasteiger partial charge in [-0.25, -0.2) is 0 Å². The fourth-order valence-corrected chi connectivity index (χ4v) is 0. The Morgan fingerprint density at radius 1 is 1.10 bits per heavy atom. The van der Waals surface area contributed by atoms with Gasteiger partial charge in [0.2, 0.25) is 0 Å². The van der Waals surface area contributed by atoms with Crippen LogP contribution in [0.15, 0.2) is 0 Å². The normalized spacial score (nSPS) is 9.80. The Hall–Kier alpha value is 0.127. The van der Waals surface area contributed by atoms with Crippen molar-refractivity contribution in [1.29, 1.82) is 0 Å². The van der Waals surface area contributed by atoms with Gasteiger partial charge in [0.25, 0.3) is 0 Å². The molecule has 0 aromatic heterocycles. The molecule has 0 rings (SSSR count). The third-order valence-electron chi connectivity index (χ3n) is 0.433. The molecule has 0 aliphatic carbocycles. The van der Waals surface area contributed by atoms with Crippen LogP contribution in [0.1, 0.15) is 0 Å². The summed E-state index contributed by atoms with van der Waals surface area (Å²) in [5, 5.41) is 0. The van der Waals surface area contributed by atoms with Crippen LogP contribution in [-0.2, 0) is 10.9 Å². The van der Waals surface area contributed by atoms with Gasteiger partial charge < -0.3 is 0 Å². The van der Waals surface area contributed by atoms with E-state index in [4.69, 9.17) is 6.42 Å². The van der Waals surface area contributed by atoms with Crippen molar-refractivity contribution < 1.29 is 0 Å². The van der Waals surface area contributed by atoms with Crippen molar-refractivity contribution in [3.63, 3.8) is 0 Å². The largest absolute Gasteiger partial charge is 0.135 e. The zero-order valence-electron chi connectivity index (χ0n) is 7.99. The molecule has 0 radical (unpaired) electrons. The monoisotopic (exact) mass is 175 g/mol. The highest BCUT2D eigenvalue weighted by molar-refractivity contribution is 7.94. The minimum Gasteiger partial charge on any atom is -0.135 e. The predicted molar refractivity (Wildman–Crippen MR) is 57.3 cm³/mol. The molecule has 0 aromatic rings. The Kier molecular flexibility index (Phi) is 7.51. The topological polar surface area (TPSA) is 0 Å². The number of hydrogen-bond acceptors (Lipinski definition) is 0. The van der Waals surface area contributed by atoms with Gasteiger partial charge in [0, 0.05) is 0 Å². The molecular weight excluding hydrogens is 156 g/mol. The summed E-state index contributed by atoms with van der Waals surface area (Å²) < 4.78 is 0. The molecule has 0 aromatic carbocycles. The van der Waals surface area contributed by atoms with Gasteiger partial charge in [0.05, 0.1) is 18.8 Å². The van der Waals surface area contributed by atoms with Crippen LogP contribution < -0.4 is 0 Å². The zero-order chi connectivity index (χ0) is 8.78. The van der Waals surface area contributed by atoms with Crippen LogP contribution in [0.5, 0.6) is 0 Å². The Labute approximate surface area is 69.8 Å². The van der Waals surface area contributed by atoms with Crippen molar-refractivity contribution in [2.24, 2.45) is 0 Å². The predicted octanol–water partition coefficient (Wildman–Crippen LogP) is 1.99. The van der Waals surface area contributed by atoms with E-state index in [0.29, 0.717) is 10.9 Å². The lowest BCUT2D eigenvalue weighted by atomic mass is 11.4. The third-order valence-corrected chi connectivity index (χ3v) is 1.30. The Bertz CT molecular complexity index is 103. The summed E-state index contributed by atoms with van der Waals surface area (Å²) in [5.41, 5.74) is 2.74. The fourth-order valence-electron chi connectivity index (χ4n) is 0. The van der Waals surface area contributed by atoms with Crippen molar-refractivity contribution in [1.82, 2.24) is 0 Å². The highest BCUT2D eigenvalue weighted by atomic mass is 32.2. The molecule has 0 bridgehead atoms. The second-order valence-corrected chi connectivity index (χ2v) is 10.9. The van der Waals surface area contributed by atoms with Crippen LogP contribution in [0.3, 0.4) is 0 Å². The highest BCUT2D eigenvalue weighted by Crippen LogP contribution is 1.94. The van der Waals surface area contributed by atoms with Crippen LogP contribution in [0.25, 0.3) is 0 Å². The van der Waals surface area contributed by atoms with E-state index >= 15 is 0 Å². The summed E-state index contributed by atoms with van der Waals surface area (Å²) in [4.78, 5) is 0. The molecule has 0 N–H and O–H groups in total. The van der Waals surface area contributed by atoms with Crippen LogP contribution in [-0.4, -0.2) is 26.8 Å². The van der Waals surface area contributed by atoms with Gasteiger partial charge in [-0.1, -0.05) is 19.6 Å². The first kappa shape index (κ1) is 12.8. The van der Waals surface area contributed by atoms with E-state index in [1.165, 1.54) is 0 Å². The lowest BCUT2D eigenvalue weighted by molar-refractivity contribution is 1.82. The van der Waals surface area contributed by atoms with Gasteiger partial charge in [-0.05, 0) is 10.9 Å². The van der Waals surface area contributed by atoms with Gasteiger partial charge in [-0.2, -0.15) is 0 Å². The van der Waals surface area contributed by atoms with E-state index in [1.807, 2.05) is 0 Å². The fraction of sp³-hybridized carbons (Fsp3) is 0.750. The molecule has 0 amide bonds. The molecule has 0 aliphatic heterocycles. The third kappa shape index (κ3) is 42.2. The lowest BCUT2D eigenvalue weighted by Gasteiger charge is -2.00. The van der Waals surface area contributed by atoms with Gasteiger partial charge in [-0.15, -0.1) is 12.0 Å². The molecule has 0 aliphatic rings. The summed E-state index contributed by atoms with van der Waals surface area (Å²) in [5.74, 6) is 0. The van der Waals surface area contributed by atoms with E-state index in [0.717, 1.165) is 0 Å². The summed E-state index contributed by atoms with van der Waals surface area (Å²) >= 11 is 0. The summed E-state index contributed by atoms with van der Waals surface area (Å²) in [7, 11) is -0.465. The Balaban J connectivity index is 0. The first-order valence-corrected chi connectivity index (χ1v) is 9.21. The smallest absolute Gasteiger partial charge is 0.128 e. The molecule has 0 spiro atoms. The lowest BCUT2D eigenvalue weighted by Crippen LogP contribution is -2.15. The first-order valence-electron chi connectivity index (χ1n) is 3.26. The summed E-state index contributed by atoms with van der Waals surface area (Å²) in [6.07, 6.45) is 11.7. The van der Waals surface area contributed by atoms with Gasteiger partial charge >= 0.3 is 0 Å². The molecule has 0 fully saturated rings. The molecule has 0 saturated carbocycles. The molecule has 0 atom stereocenters. The van der Waals surface area contributed by atoms with E-state index in [-0.39, 0.29) is 0 Å². The molecule has 2 heteroatoms. The molecular formula is C8H19SSi+. The van der Waals surface area contributed by atoms with E-state index in [9.17, 15) is 0 Å². The van der Waals surface area contributed by atoms with Crippen molar-refractivity contribution in [3.8, 4) is 12.0 Å². The van der Waals surface area contributed by atoms with E-state index < -0.39 is 8.07 Å². The summed E-state index contributed by atoms with van der Waals surface area (Å²) in [6.45, 7) is 6.44. The van der Waals surface area contributed by atoms with Crippen molar-refractivity contribution >= 4 is 19.0 Å². The van der Waals surface area contributed by atoms with Crippen molar-refractivity contribution in [2.45, 2.75) is 19.6 Å². The number of terminal acetylenes is 1. The minimum atomic E-state index is -1.10. The van der Waals surface area contributed by atoms with Crippen LogP contribution in [0.2, 0.25) is 19.6 Å². The van der Waals surface area contributed by atoms with Crippen molar-refractivity contribution in [2.75, 3.05) is 18.8 Å². The van der Waals surface area contributed by atoms with Crippen LogP contribution >= 0.6 is 0 Å². The maximum absolute atomic E-state index is 5.12. The minimum absolute atomic E-state index is 0.639. The SMILES string of the molecule is C#C[Si](C)(C)C.C[S+](C)C. The second kappa shape index (κ2) is 5.88. The van der Waals surface area contributed by atoms with E-state index in [2.05, 4.69) is 44.0 Å². The van der Waals surface area contributed by atoms with Gasteiger partial charge in [-0.3, -0.25) is 0 Å². The molecule has 60 valence electrons. The molecule has 10 heavy (non-hydrogen) atoms. The Morgan fingerprint density at radius 2 is 1.20 bits per heavy atom. The van der Waals surface area contributed by atoms with Crippen LogP contribution in [0, 0.1) is 12.0 Å². The second-order valence-electron chi connectivity index (χ2n) is 3.62. The summed E-state index contributed by atoms with van der Waals surface area (Å²) in [6, 6.07) is 0. The molecule has 0 unspecified atom stereocenters. The molecule has 0 heterocycles. The van der Waals surface area contributed by atoms with E-state index in [1.54, 1.807) is 0 Å². The number of hydrogen-bond donors (Lipinski definition) is 0. The van der Waals surface area contributed by atoms with Crippen LogP contribution in [0.4, 0.5) is 0 Å². The first-order chi connectivity index (χ1) is 4.29. The average Bonchev–Trinajstić information content (AvgIpc) is 1.63. The van der Waals surface area contributed by atoms with Gasteiger partial charge in [0.1, 0.15) is 8.07 Å². The maximum atomic E-state index is 5.12. The average molecular weight is 175 g/mol. The Morgan fingerprint density at radius 3 is 1.20 bits per heavy atom. The molecule has 0 saturated heterocycles. The standard InChI is InChI=1S/C5H10Si.C3H9S/c1-5-6(2,3)4;1-4(2)3/h1H,2-4H3;1-3H3/q;+1. The van der Waals surface area contributed by atoms with Gasteiger partial charge in [0.15, 0.2) is 0 Å². The quantitative estimate of drug-likeness (QED) is 0.300.